The minimum Gasteiger partial charge on any atom is -0.319 e. The fourth-order valence-corrected chi connectivity index (χ4v) is 1.89. The molecular formula is C16H16N2O. The molecule has 0 saturated carbocycles. The van der Waals surface area contributed by atoms with E-state index in [-0.39, 0.29) is 5.56 Å². The molecule has 0 aliphatic carbocycles. The zero-order chi connectivity index (χ0) is 13.8. The third-order valence-corrected chi connectivity index (χ3v) is 2.89. The van der Waals surface area contributed by atoms with Crippen molar-refractivity contribution in [1.29, 1.82) is 0 Å². The molecule has 0 aliphatic heterocycles. The van der Waals surface area contributed by atoms with Gasteiger partial charge in [0.1, 0.15) is 5.69 Å². The van der Waals surface area contributed by atoms with Gasteiger partial charge in [-0.25, -0.2) is 4.98 Å². The largest absolute Gasteiger partial charge is 0.319 e. The van der Waals surface area contributed by atoms with Crippen LogP contribution in [-0.2, 0) is 0 Å². The van der Waals surface area contributed by atoms with E-state index in [0.717, 1.165) is 16.6 Å². The predicted molar refractivity (Wildman–Crippen MR) is 80.1 cm³/mol. The maximum Gasteiger partial charge on any atom is 0.274 e. The number of benzene rings is 1. The molecule has 0 unspecified atom stereocenters. The van der Waals surface area contributed by atoms with E-state index in [1.807, 2.05) is 50.3 Å². The molecule has 0 spiro atoms. The lowest BCUT2D eigenvalue weighted by Crippen LogP contribution is -2.14. The highest BCUT2D eigenvalue weighted by Gasteiger charge is 2.08. The second-order valence-corrected chi connectivity index (χ2v) is 4.24. The van der Waals surface area contributed by atoms with Crippen molar-refractivity contribution in [3.63, 3.8) is 0 Å². The molecule has 3 nitrogen and oxygen atoms in total. The van der Waals surface area contributed by atoms with Crippen LogP contribution in [0.5, 0.6) is 0 Å². The van der Waals surface area contributed by atoms with Gasteiger partial charge >= 0.3 is 0 Å². The Balaban J connectivity index is 2.73. The Labute approximate surface area is 112 Å². The smallest absolute Gasteiger partial charge is 0.274 e. The summed E-state index contributed by atoms with van der Waals surface area (Å²) in [6.45, 7) is 7.63. The summed E-state index contributed by atoms with van der Waals surface area (Å²) in [6, 6.07) is 5.73. The number of hydrogen-bond donors (Lipinski definition) is 1. The summed E-state index contributed by atoms with van der Waals surface area (Å²) in [5.74, 6) is 0. The molecule has 0 fully saturated rings. The molecule has 0 amide bonds. The van der Waals surface area contributed by atoms with E-state index in [1.165, 1.54) is 0 Å². The zero-order valence-corrected chi connectivity index (χ0v) is 11.1. The van der Waals surface area contributed by atoms with E-state index in [4.69, 9.17) is 0 Å². The van der Waals surface area contributed by atoms with Gasteiger partial charge in [0.15, 0.2) is 0 Å². The molecular weight excluding hydrogens is 236 g/mol. The number of para-hydroxylation sites is 1. The number of allylic oxidation sites excluding steroid dienone is 5. The summed E-state index contributed by atoms with van der Waals surface area (Å²) in [5, 5.41) is 0. The standard InChI is InChI=1S/C16H16N2O/c1-4-6-9-12(5-2)15-16(19)17-13-10-7-8-11(3)14(13)18-15/h4-10H,2H2,1,3H3,(H,17,19). The lowest BCUT2D eigenvalue weighted by molar-refractivity contribution is 1.17. The van der Waals surface area contributed by atoms with Crippen molar-refractivity contribution in [3.05, 3.63) is 70.7 Å². The van der Waals surface area contributed by atoms with Crippen LogP contribution in [0.2, 0.25) is 0 Å². The Hall–Kier alpha value is -2.42. The van der Waals surface area contributed by atoms with Crippen LogP contribution in [-0.4, -0.2) is 9.97 Å². The fraction of sp³-hybridized carbons (Fsp3) is 0.125. The maximum atomic E-state index is 12.1. The van der Waals surface area contributed by atoms with Gasteiger partial charge in [-0.15, -0.1) is 0 Å². The summed E-state index contributed by atoms with van der Waals surface area (Å²) < 4.78 is 0. The van der Waals surface area contributed by atoms with Gasteiger partial charge in [-0.2, -0.15) is 0 Å². The summed E-state index contributed by atoms with van der Waals surface area (Å²) in [7, 11) is 0. The predicted octanol–water partition coefficient (Wildman–Crippen LogP) is 3.38. The summed E-state index contributed by atoms with van der Waals surface area (Å²) in [4.78, 5) is 19.4. The summed E-state index contributed by atoms with van der Waals surface area (Å²) in [5.41, 5.74) is 3.51. The van der Waals surface area contributed by atoms with Crippen molar-refractivity contribution in [3.8, 4) is 0 Å². The number of nitrogens with zero attached hydrogens (tertiary/aromatic N) is 1. The van der Waals surface area contributed by atoms with E-state index < -0.39 is 0 Å². The first kappa shape index (κ1) is 13.0. The molecule has 3 heteroatoms. The topological polar surface area (TPSA) is 45.8 Å². The zero-order valence-electron chi connectivity index (χ0n) is 11.1. The Bertz CT molecular complexity index is 736. The van der Waals surface area contributed by atoms with E-state index in [9.17, 15) is 4.79 Å². The average Bonchev–Trinajstić information content (AvgIpc) is 2.40. The molecule has 0 atom stereocenters. The average molecular weight is 252 g/mol. The van der Waals surface area contributed by atoms with E-state index in [1.54, 1.807) is 6.08 Å². The summed E-state index contributed by atoms with van der Waals surface area (Å²) in [6.07, 6.45) is 7.22. The van der Waals surface area contributed by atoms with Gasteiger partial charge in [-0.1, -0.05) is 43.0 Å². The molecule has 0 aliphatic rings. The van der Waals surface area contributed by atoms with Crippen LogP contribution in [0, 0.1) is 6.92 Å². The number of hydrogen-bond acceptors (Lipinski definition) is 2. The Morgan fingerprint density at radius 1 is 1.42 bits per heavy atom. The number of rotatable bonds is 3. The van der Waals surface area contributed by atoms with Gasteiger partial charge in [0, 0.05) is 5.57 Å². The maximum absolute atomic E-state index is 12.1. The number of aromatic amines is 1. The molecule has 1 aromatic heterocycles. The molecule has 2 rings (SSSR count). The first-order chi connectivity index (χ1) is 9.17. The monoisotopic (exact) mass is 252 g/mol. The normalized spacial score (nSPS) is 12.2. The van der Waals surface area contributed by atoms with Crippen LogP contribution in [0.15, 0.2) is 53.9 Å². The molecule has 0 radical (unpaired) electrons. The van der Waals surface area contributed by atoms with Gasteiger partial charge < -0.3 is 4.98 Å². The van der Waals surface area contributed by atoms with Gasteiger partial charge in [-0.05, 0) is 25.5 Å². The highest BCUT2D eigenvalue weighted by atomic mass is 16.1. The van der Waals surface area contributed by atoms with Crippen molar-refractivity contribution in [2.75, 3.05) is 0 Å². The van der Waals surface area contributed by atoms with Crippen LogP contribution >= 0.6 is 0 Å². The third-order valence-electron chi connectivity index (χ3n) is 2.89. The third kappa shape index (κ3) is 2.55. The Morgan fingerprint density at radius 2 is 2.21 bits per heavy atom. The van der Waals surface area contributed by atoms with Gasteiger partial charge in [0.2, 0.25) is 0 Å². The molecule has 0 saturated heterocycles. The van der Waals surface area contributed by atoms with Crippen LogP contribution in [0.4, 0.5) is 0 Å². The SMILES string of the molecule is C=CC(=CC=CC)c1nc2c(C)cccc2[nH]c1=O. The Kier molecular flexibility index (Phi) is 3.76. The number of H-pyrrole nitrogens is 1. The molecule has 1 N–H and O–H groups in total. The number of aromatic nitrogens is 2. The van der Waals surface area contributed by atoms with Crippen LogP contribution in [0.1, 0.15) is 18.2 Å². The van der Waals surface area contributed by atoms with Gasteiger partial charge in [0.05, 0.1) is 11.0 Å². The second kappa shape index (κ2) is 5.48. The second-order valence-electron chi connectivity index (χ2n) is 4.24. The fourth-order valence-electron chi connectivity index (χ4n) is 1.89. The van der Waals surface area contributed by atoms with Crippen molar-refractivity contribution in [2.24, 2.45) is 0 Å². The molecule has 1 aromatic carbocycles. The van der Waals surface area contributed by atoms with E-state index in [2.05, 4.69) is 16.5 Å². The van der Waals surface area contributed by atoms with Gasteiger partial charge in [0.25, 0.3) is 5.56 Å². The molecule has 96 valence electrons. The van der Waals surface area contributed by atoms with Crippen molar-refractivity contribution in [2.45, 2.75) is 13.8 Å². The van der Waals surface area contributed by atoms with Crippen molar-refractivity contribution < 1.29 is 0 Å². The molecule has 19 heavy (non-hydrogen) atoms. The highest BCUT2D eigenvalue weighted by Crippen LogP contribution is 2.16. The minimum absolute atomic E-state index is 0.200. The van der Waals surface area contributed by atoms with Crippen LogP contribution in [0.25, 0.3) is 16.6 Å². The van der Waals surface area contributed by atoms with Crippen LogP contribution < -0.4 is 5.56 Å². The van der Waals surface area contributed by atoms with Crippen molar-refractivity contribution in [1.82, 2.24) is 9.97 Å². The minimum atomic E-state index is -0.200. The van der Waals surface area contributed by atoms with E-state index >= 15 is 0 Å². The number of nitrogens with one attached hydrogen (secondary N) is 1. The summed E-state index contributed by atoms with van der Waals surface area (Å²) >= 11 is 0. The van der Waals surface area contributed by atoms with Crippen LogP contribution in [0.3, 0.4) is 0 Å². The highest BCUT2D eigenvalue weighted by molar-refractivity contribution is 5.81. The molecule has 0 bridgehead atoms. The lowest BCUT2D eigenvalue weighted by atomic mass is 10.1. The Morgan fingerprint density at radius 3 is 2.89 bits per heavy atom. The quantitative estimate of drug-likeness (QED) is 0.851. The number of aryl methyl sites for hydroxylation is 1. The molecule has 2 aromatic rings. The lowest BCUT2D eigenvalue weighted by Gasteiger charge is -2.05. The van der Waals surface area contributed by atoms with Crippen molar-refractivity contribution >= 4 is 16.6 Å². The first-order valence-corrected chi connectivity index (χ1v) is 6.12. The number of fused-ring (bicyclic) bond motifs is 1. The van der Waals surface area contributed by atoms with E-state index in [0.29, 0.717) is 11.3 Å². The van der Waals surface area contributed by atoms with Gasteiger partial charge in [-0.3, -0.25) is 4.79 Å². The first-order valence-electron chi connectivity index (χ1n) is 6.12. The molecule has 1 heterocycles.